The SMILES string of the molecule is Cl.Clc1ccc(CCNCc2c(OCc3ccccc3Cl)ccc3ccccc23)cc1. The molecule has 1 N–H and O–H groups in total. The molecule has 0 amide bonds. The molecule has 160 valence electrons. The largest absolute Gasteiger partial charge is 0.488 e. The van der Waals surface area contributed by atoms with Crippen LogP contribution in [-0.4, -0.2) is 6.54 Å². The molecule has 0 radical (unpaired) electrons. The molecule has 0 unspecified atom stereocenters. The molecule has 0 spiro atoms. The molecule has 4 aromatic carbocycles. The average Bonchev–Trinajstić information content (AvgIpc) is 2.78. The van der Waals surface area contributed by atoms with Crippen LogP contribution in [0.2, 0.25) is 10.0 Å². The molecule has 0 fully saturated rings. The van der Waals surface area contributed by atoms with Crippen LogP contribution in [0, 0.1) is 0 Å². The van der Waals surface area contributed by atoms with E-state index in [1.54, 1.807) is 0 Å². The van der Waals surface area contributed by atoms with E-state index in [0.29, 0.717) is 6.61 Å². The molecule has 2 nitrogen and oxygen atoms in total. The van der Waals surface area contributed by atoms with Crippen molar-refractivity contribution in [2.24, 2.45) is 0 Å². The van der Waals surface area contributed by atoms with Gasteiger partial charge in [-0.3, -0.25) is 0 Å². The lowest BCUT2D eigenvalue weighted by atomic mass is 10.0. The van der Waals surface area contributed by atoms with Crippen LogP contribution < -0.4 is 10.1 Å². The van der Waals surface area contributed by atoms with E-state index in [9.17, 15) is 0 Å². The highest BCUT2D eigenvalue weighted by Crippen LogP contribution is 2.29. The lowest BCUT2D eigenvalue weighted by Crippen LogP contribution is -2.17. The summed E-state index contributed by atoms with van der Waals surface area (Å²) in [4.78, 5) is 0. The molecule has 0 aliphatic rings. The quantitative estimate of drug-likeness (QED) is 0.268. The Balaban J connectivity index is 0.00000272. The summed E-state index contributed by atoms with van der Waals surface area (Å²) in [5.74, 6) is 0.882. The van der Waals surface area contributed by atoms with E-state index in [1.807, 2.05) is 36.4 Å². The summed E-state index contributed by atoms with van der Waals surface area (Å²) in [5, 5.41) is 7.47. The molecular formula is C26H24Cl3NO. The minimum absolute atomic E-state index is 0. The van der Waals surface area contributed by atoms with Crippen molar-refractivity contribution < 1.29 is 4.74 Å². The Labute approximate surface area is 199 Å². The fourth-order valence-corrected chi connectivity index (χ4v) is 3.82. The van der Waals surface area contributed by atoms with E-state index < -0.39 is 0 Å². The first-order valence-electron chi connectivity index (χ1n) is 10.0. The van der Waals surface area contributed by atoms with Crippen molar-refractivity contribution in [3.05, 3.63) is 112 Å². The number of hydrogen-bond donors (Lipinski definition) is 1. The van der Waals surface area contributed by atoms with Crippen molar-refractivity contribution in [3.8, 4) is 5.75 Å². The van der Waals surface area contributed by atoms with Gasteiger partial charge in [-0.25, -0.2) is 0 Å². The maximum Gasteiger partial charge on any atom is 0.124 e. The summed E-state index contributed by atoms with van der Waals surface area (Å²) in [6.45, 7) is 2.04. The number of nitrogens with one attached hydrogen (secondary N) is 1. The van der Waals surface area contributed by atoms with Gasteiger partial charge in [0.05, 0.1) is 0 Å². The third-order valence-corrected chi connectivity index (χ3v) is 5.76. The van der Waals surface area contributed by atoms with Gasteiger partial charge in [0.25, 0.3) is 0 Å². The highest BCUT2D eigenvalue weighted by atomic mass is 35.5. The first-order valence-corrected chi connectivity index (χ1v) is 10.8. The van der Waals surface area contributed by atoms with Crippen LogP contribution in [0.5, 0.6) is 5.75 Å². The van der Waals surface area contributed by atoms with Crippen molar-refractivity contribution >= 4 is 46.4 Å². The third kappa shape index (κ3) is 6.15. The zero-order chi connectivity index (χ0) is 20.8. The standard InChI is InChI=1S/C26H23Cl2NO.ClH/c27-22-12-9-19(10-13-22)15-16-29-17-24-23-7-3-1-5-20(23)11-14-26(24)30-18-21-6-2-4-8-25(21)28;/h1-14,29H,15-18H2;1H. The summed E-state index contributed by atoms with van der Waals surface area (Å²) < 4.78 is 6.20. The number of fused-ring (bicyclic) bond motifs is 1. The van der Waals surface area contributed by atoms with E-state index in [-0.39, 0.29) is 12.4 Å². The molecule has 0 atom stereocenters. The average molecular weight is 473 g/mol. The first-order chi connectivity index (χ1) is 14.7. The van der Waals surface area contributed by atoms with E-state index in [1.165, 1.54) is 16.3 Å². The molecule has 5 heteroatoms. The molecule has 0 aromatic heterocycles. The number of ether oxygens (including phenoxy) is 1. The fourth-order valence-electron chi connectivity index (χ4n) is 3.50. The Morgan fingerprint density at radius 2 is 1.52 bits per heavy atom. The molecular weight excluding hydrogens is 449 g/mol. The molecule has 4 aromatic rings. The predicted molar refractivity (Wildman–Crippen MR) is 134 cm³/mol. The highest BCUT2D eigenvalue weighted by molar-refractivity contribution is 6.31. The van der Waals surface area contributed by atoms with E-state index in [4.69, 9.17) is 27.9 Å². The van der Waals surface area contributed by atoms with Crippen LogP contribution in [0.25, 0.3) is 10.8 Å². The van der Waals surface area contributed by atoms with Gasteiger partial charge in [-0.15, -0.1) is 12.4 Å². The number of hydrogen-bond acceptors (Lipinski definition) is 2. The van der Waals surface area contributed by atoms with Crippen LogP contribution in [0.4, 0.5) is 0 Å². The monoisotopic (exact) mass is 471 g/mol. The van der Waals surface area contributed by atoms with Crippen LogP contribution in [0.15, 0.2) is 84.9 Å². The topological polar surface area (TPSA) is 21.3 Å². The van der Waals surface area contributed by atoms with Gasteiger partial charge in [-0.2, -0.15) is 0 Å². The Hall–Kier alpha value is -2.23. The summed E-state index contributed by atoms with van der Waals surface area (Å²) in [5.41, 5.74) is 3.41. The minimum Gasteiger partial charge on any atom is -0.488 e. The van der Waals surface area contributed by atoms with Crippen molar-refractivity contribution in [1.82, 2.24) is 5.32 Å². The van der Waals surface area contributed by atoms with Crippen LogP contribution in [-0.2, 0) is 19.6 Å². The lowest BCUT2D eigenvalue weighted by Gasteiger charge is -2.16. The van der Waals surface area contributed by atoms with Crippen LogP contribution in [0.1, 0.15) is 16.7 Å². The number of rotatable bonds is 8. The number of halogens is 3. The zero-order valence-corrected chi connectivity index (χ0v) is 19.3. The second-order valence-corrected chi connectivity index (χ2v) is 8.04. The predicted octanol–water partition coefficient (Wildman–Crippen LogP) is 7.48. The van der Waals surface area contributed by atoms with Crippen molar-refractivity contribution in [3.63, 3.8) is 0 Å². The van der Waals surface area contributed by atoms with Gasteiger partial charge in [0.1, 0.15) is 12.4 Å². The maximum atomic E-state index is 6.30. The van der Waals surface area contributed by atoms with Crippen molar-refractivity contribution in [2.75, 3.05) is 6.54 Å². The fraction of sp³-hybridized carbons (Fsp3) is 0.154. The molecule has 0 aliphatic carbocycles. The summed E-state index contributed by atoms with van der Waals surface area (Å²) in [6.07, 6.45) is 0.942. The zero-order valence-electron chi connectivity index (χ0n) is 17.0. The number of benzene rings is 4. The molecule has 0 saturated carbocycles. The van der Waals surface area contributed by atoms with Crippen LogP contribution >= 0.6 is 35.6 Å². The van der Waals surface area contributed by atoms with Gasteiger partial charge in [0, 0.05) is 27.7 Å². The van der Waals surface area contributed by atoms with Gasteiger partial charge >= 0.3 is 0 Å². The van der Waals surface area contributed by atoms with Gasteiger partial charge in [0.2, 0.25) is 0 Å². The van der Waals surface area contributed by atoms with E-state index >= 15 is 0 Å². The maximum absolute atomic E-state index is 6.30. The van der Waals surface area contributed by atoms with Crippen molar-refractivity contribution in [2.45, 2.75) is 19.6 Å². The van der Waals surface area contributed by atoms with E-state index in [0.717, 1.165) is 46.4 Å². The second kappa shape index (κ2) is 11.4. The Morgan fingerprint density at radius 3 is 2.32 bits per heavy atom. The third-order valence-electron chi connectivity index (χ3n) is 5.14. The Morgan fingerprint density at radius 1 is 0.774 bits per heavy atom. The summed E-state index contributed by atoms with van der Waals surface area (Å²) in [6, 6.07) is 28.4. The molecule has 4 rings (SSSR count). The van der Waals surface area contributed by atoms with Crippen molar-refractivity contribution in [1.29, 1.82) is 0 Å². The normalized spacial score (nSPS) is 10.6. The molecule has 0 aliphatic heterocycles. The smallest absolute Gasteiger partial charge is 0.124 e. The summed E-state index contributed by atoms with van der Waals surface area (Å²) in [7, 11) is 0. The first kappa shape index (κ1) is 23.4. The van der Waals surface area contributed by atoms with Gasteiger partial charge in [-0.1, -0.05) is 83.9 Å². The minimum atomic E-state index is 0. The van der Waals surface area contributed by atoms with Crippen LogP contribution in [0.3, 0.4) is 0 Å². The molecule has 31 heavy (non-hydrogen) atoms. The van der Waals surface area contributed by atoms with Gasteiger partial charge in [-0.05, 0) is 53.6 Å². The second-order valence-electron chi connectivity index (χ2n) is 7.20. The summed E-state index contributed by atoms with van der Waals surface area (Å²) >= 11 is 12.3. The molecule has 0 heterocycles. The Bertz CT molecular complexity index is 1130. The molecule has 0 bridgehead atoms. The Kier molecular flexibility index (Phi) is 8.62. The molecule has 0 saturated heterocycles. The van der Waals surface area contributed by atoms with Gasteiger partial charge in [0.15, 0.2) is 0 Å². The lowest BCUT2D eigenvalue weighted by molar-refractivity contribution is 0.303. The van der Waals surface area contributed by atoms with E-state index in [2.05, 4.69) is 53.8 Å². The highest BCUT2D eigenvalue weighted by Gasteiger charge is 2.10. The van der Waals surface area contributed by atoms with Gasteiger partial charge < -0.3 is 10.1 Å².